The molecule has 6 heteroatoms. The maximum absolute atomic E-state index is 6.19. The van der Waals surface area contributed by atoms with E-state index in [1.165, 1.54) is 36.8 Å². The van der Waals surface area contributed by atoms with E-state index in [2.05, 4.69) is 33.2 Å². The van der Waals surface area contributed by atoms with Crippen LogP contribution in [-0.4, -0.2) is 55.2 Å². The van der Waals surface area contributed by atoms with Gasteiger partial charge in [-0.25, -0.2) is 0 Å². The topological polar surface area (TPSA) is 49.8 Å². The predicted octanol–water partition coefficient (Wildman–Crippen LogP) is 3.80. The van der Waals surface area contributed by atoms with E-state index in [0.717, 1.165) is 57.4 Å². The minimum absolute atomic E-state index is 0. The Morgan fingerprint density at radius 2 is 2.00 bits per heavy atom. The van der Waals surface area contributed by atoms with E-state index in [1.807, 2.05) is 19.4 Å². The second-order valence-electron chi connectivity index (χ2n) is 7.70. The number of nitrogens with zero attached hydrogens (tertiary/aromatic N) is 3. The summed E-state index contributed by atoms with van der Waals surface area (Å²) in [5.41, 5.74) is 2.60. The smallest absolute Gasteiger partial charge is 0.193 e. The van der Waals surface area contributed by atoms with Crippen LogP contribution in [0.5, 0.6) is 0 Å². The molecule has 1 N–H and O–H groups in total. The molecule has 0 unspecified atom stereocenters. The summed E-state index contributed by atoms with van der Waals surface area (Å²) < 4.78 is 6.19. The third-order valence-electron chi connectivity index (χ3n) is 5.81. The Bertz CT molecular complexity index is 581. The lowest BCUT2D eigenvalue weighted by atomic mass is 10.1. The van der Waals surface area contributed by atoms with Crippen molar-refractivity contribution in [3.05, 3.63) is 29.6 Å². The van der Waals surface area contributed by atoms with Crippen LogP contribution in [0, 0.1) is 12.8 Å². The molecule has 5 nitrogen and oxygen atoms in total. The van der Waals surface area contributed by atoms with Crippen LogP contribution in [-0.2, 0) is 11.2 Å². The molecule has 0 radical (unpaired) electrons. The number of likely N-dealkylation sites (tertiary alicyclic amines) is 1. The summed E-state index contributed by atoms with van der Waals surface area (Å²) in [5, 5.41) is 3.52. The summed E-state index contributed by atoms with van der Waals surface area (Å²) in [4.78, 5) is 11.0. The summed E-state index contributed by atoms with van der Waals surface area (Å²) in [6, 6.07) is 2.10. The summed E-state index contributed by atoms with van der Waals surface area (Å²) >= 11 is 0. The SMILES string of the molecule is CN=C(NCCc1ccncc1C)N1CCC(OCC2CCCC2)CC1.I. The lowest BCUT2D eigenvalue weighted by molar-refractivity contribution is 0.00103. The Morgan fingerprint density at radius 3 is 2.67 bits per heavy atom. The zero-order valence-electron chi connectivity index (χ0n) is 16.8. The number of piperidine rings is 1. The lowest BCUT2D eigenvalue weighted by Gasteiger charge is -2.34. The average molecular weight is 486 g/mol. The average Bonchev–Trinajstić information content (AvgIpc) is 3.19. The van der Waals surface area contributed by atoms with Crippen LogP contribution in [0.25, 0.3) is 0 Å². The molecule has 1 saturated carbocycles. The van der Waals surface area contributed by atoms with Crippen LogP contribution in [0.2, 0.25) is 0 Å². The van der Waals surface area contributed by atoms with E-state index in [-0.39, 0.29) is 24.0 Å². The second-order valence-corrected chi connectivity index (χ2v) is 7.70. The fraction of sp³-hybridized carbons (Fsp3) is 0.714. The van der Waals surface area contributed by atoms with Crippen molar-refractivity contribution in [1.82, 2.24) is 15.2 Å². The molecule has 2 fully saturated rings. The molecule has 0 amide bonds. The van der Waals surface area contributed by atoms with Gasteiger partial charge in [-0.1, -0.05) is 12.8 Å². The van der Waals surface area contributed by atoms with Crippen molar-refractivity contribution in [2.45, 2.75) is 58.0 Å². The first-order valence-corrected chi connectivity index (χ1v) is 10.2. The van der Waals surface area contributed by atoms with Gasteiger partial charge in [-0.3, -0.25) is 9.98 Å². The molecule has 0 spiro atoms. The number of rotatable bonds is 6. The van der Waals surface area contributed by atoms with Gasteiger partial charge in [0.1, 0.15) is 0 Å². The van der Waals surface area contributed by atoms with Gasteiger partial charge >= 0.3 is 0 Å². The number of hydrogen-bond acceptors (Lipinski definition) is 3. The molecule has 0 aromatic carbocycles. The van der Waals surface area contributed by atoms with E-state index in [9.17, 15) is 0 Å². The molecule has 3 rings (SSSR count). The van der Waals surface area contributed by atoms with Crippen molar-refractivity contribution in [1.29, 1.82) is 0 Å². The lowest BCUT2D eigenvalue weighted by Crippen LogP contribution is -2.47. The predicted molar refractivity (Wildman–Crippen MR) is 122 cm³/mol. The van der Waals surface area contributed by atoms with Crippen molar-refractivity contribution >= 4 is 29.9 Å². The molecule has 1 saturated heterocycles. The van der Waals surface area contributed by atoms with Gasteiger partial charge in [-0.05, 0) is 62.1 Å². The first-order chi connectivity index (χ1) is 12.8. The Balaban J connectivity index is 0.00000261. The number of aryl methyl sites for hydroxylation is 1. The molecule has 1 aliphatic heterocycles. The van der Waals surface area contributed by atoms with E-state index < -0.39 is 0 Å². The molecular weight excluding hydrogens is 451 g/mol. The highest BCUT2D eigenvalue weighted by molar-refractivity contribution is 14.0. The standard InChI is InChI=1S/C21H34N4O.HI/c1-17-15-23-11-7-19(17)8-12-24-21(22-2)25-13-9-20(10-14-25)26-16-18-5-3-4-6-18;/h7,11,15,18,20H,3-6,8-10,12-14,16H2,1-2H3,(H,22,24);1H. The van der Waals surface area contributed by atoms with Crippen LogP contribution in [0.3, 0.4) is 0 Å². The minimum Gasteiger partial charge on any atom is -0.378 e. The number of pyridine rings is 1. The van der Waals surface area contributed by atoms with Crippen LogP contribution in [0.4, 0.5) is 0 Å². The first-order valence-electron chi connectivity index (χ1n) is 10.2. The molecule has 1 aromatic rings. The quantitative estimate of drug-likeness (QED) is 0.378. The fourth-order valence-corrected chi connectivity index (χ4v) is 4.11. The number of aromatic nitrogens is 1. The second kappa shape index (κ2) is 11.8. The van der Waals surface area contributed by atoms with Gasteiger partial charge in [0.15, 0.2) is 5.96 Å². The van der Waals surface area contributed by atoms with Gasteiger partial charge in [0.05, 0.1) is 6.10 Å². The summed E-state index contributed by atoms with van der Waals surface area (Å²) in [5.74, 6) is 1.84. The van der Waals surface area contributed by atoms with Gasteiger partial charge in [-0.15, -0.1) is 24.0 Å². The Labute approximate surface area is 181 Å². The third-order valence-corrected chi connectivity index (χ3v) is 5.81. The van der Waals surface area contributed by atoms with Gasteiger partial charge < -0.3 is 15.0 Å². The first kappa shape index (κ1) is 22.4. The molecule has 2 aliphatic rings. The zero-order valence-corrected chi connectivity index (χ0v) is 19.2. The Kier molecular flexibility index (Phi) is 9.82. The van der Waals surface area contributed by atoms with E-state index >= 15 is 0 Å². The van der Waals surface area contributed by atoms with Crippen molar-refractivity contribution < 1.29 is 4.74 Å². The Morgan fingerprint density at radius 1 is 1.26 bits per heavy atom. The van der Waals surface area contributed by atoms with Gasteiger partial charge in [0.2, 0.25) is 0 Å². The minimum atomic E-state index is 0. The van der Waals surface area contributed by atoms with E-state index in [1.54, 1.807) is 0 Å². The number of hydrogen-bond donors (Lipinski definition) is 1. The molecule has 1 aliphatic carbocycles. The molecule has 152 valence electrons. The van der Waals surface area contributed by atoms with Crippen LogP contribution >= 0.6 is 24.0 Å². The van der Waals surface area contributed by atoms with Gasteiger partial charge in [0, 0.05) is 45.7 Å². The maximum atomic E-state index is 6.19. The van der Waals surface area contributed by atoms with Gasteiger partial charge in [0.25, 0.3) is 0 Å². The summed E-state index contributed by atoms with van der Waals surface area (Å²) in [6.07, 6.45) is 13.0. The zero-order chi connectivity index (χ0) is 18.2. The van der Waals surface area contributed by atoms with Crippen molar-refractivity contribution in [3.63, 3.8) is 0 Å². The third kappa shape index (κ3) is 6.89. The van der Waals surface area contributed by atoms with Gasteiger partial charge in [-0.2, -0.15) is 0 Å². The monoisotopic (exact) mass is 486 g/mol. The highest BCUT2D eigenvalue weighted by Crippen LogP contribution is 2.26. The highest BCUT2D eigenvalue weighted by atomic mass is 127. The van der Waals surface area contributed by atoms with Crippen LogP contribution in [0.1, 0.15) is 49.7 Å². The molecular formula is C21H35IN4O. The number of nitrogens with one attached hydrogen (secondary N) is 1. The van der Waals surface area contributed by atoms with Crippen molar-refractivity contribution in [2.24, 2.45) is 10.9 Å². The maximum Gasteiger partial charge on any atom is 0.193 e. The van der Waals surface area contributed by atoms with Crippen molar-refractivity contribution in [3.8, 4) is 0 Å². The molecule has 27 heavy (non-hydrogen) atoms. The highest BCUT2D eigenvalue weighted by Gasteiger charge is 2.23. The van der Waals surface area contributed by atoms with E-state index in [0.29, 0.717) is 6.10 Å². The number of aliphatic imine (C=N–C) groups is 1. The molecule has 1 aromatic heterocycles. The molecule has 0 bridgehead atoms. The largest absolute Gasteiger partial charge is 0.378 e. The van der Waals surface area contributed by atoms with Crippen LogP contribution < -0.4 is 5.32 Å². The fourth-order valence-electron chi connectivity index (χ4n) is 4.11. The molecule has 0 atom stereocenters. The number of ether oxygens (including phenoxy) is 1. The molecule has 2 heterocycles. The number of halogens is 1. The summed E-state index contributed by atoms with van der Waals surface area (Å²) in [6.45, 7) is 6.05. The van der Waals surface area contributed by atoms with E-state index in [4.69, 9.17) is 4.74 Å². The number of guanidine groups is 1. The van der Waals surface area contributed by atoms with Crippen LogP contribution in [0.15, 0.2) is 23.5 Å². The summed E-state index contributed by atoms with van der Waals surface area (Å²) in [7, 11) is 1.88. The Hall–Kier alpha value is -0.890. The normalized spacial score (nSPS) is 19.2. The van der Waals surface area contributed by atoms with Crippen molar-refractivity contribution in [2.75, 3.05) is 33.3 Å².